The van der Waals surface area contributed by atoms with Crippen LogP contribution in [0.4, 0.5) is 5.82 Å². The number of fused-ring (bicyclic) bond motifs is 1. The molecule has 0 atom stereocenters. The van der Waals surface area contributed by atoms with Crippen molar-refractivity contribution in [2.75, 3.05) is 18.4 Å². The first-order valence-electron chi connectivity index (χ1n) is 11.6. The molecule has 0 saturated carbocycles. The summed E-state index contributed by atoms with van der Waals surface area (Å²) in [5.41, 5.74) is 5.48. The molecule has 3 aromatic heterocycles. The molecule has 4 rings (SSSR count). The average Bonchev–Trinajstić information content (AvgIpc) is 3.31. The predicted molar refractivity (Wildman–Crippen MR) is 134 cm³/mol. The van der Waals surface area contributed by atoms with Crippen LogP contribution in [0.5, 0.6) is 0 Å². The van der Waals surface area contributed by atoms with Gasteiger partial charge >= 0.3 is 0 Å². The number of aromatic nitrogens is 6. The molecule has 0 aliphatic heterocycles. The third-order valence-corrected chi connectivity index (χ3v) is 6.15. The van der Waals surface area contributed by atoms with Crippen LogP contribution in [0.1, 0.15) is 39.1 Å². The second-order valence-corrected chi connectivity index (χ2v) is 9.04. The molecule has 0 saturated heterocycles. The van der Waals surface area contributed by atoms with Crippen molar-refractivity contribution in [2.24, 2.45) is 7.05 Å². The third kappa shape index (κ3) is 4.48. The molecule has 1 N–H and O–H groups in total. The Kier molecular flexibility index (Phi) is 6.47. The van der Waals surface area contributed by atoms with Gasteiger partial charge in [-0.1, -0.05) is 18.2 Å². The molecule has 1 aromatic carbocycles. The van der Waals surface area contributed by atoms with Gasteiger partial charge in [-0.25, -0.2) is 15.0 Å². The number of para-hydroxylation sites is 1. The lowest BCUT2D eigenvalue weighted by molar-refractivity contribution is 0.182. The minimum Gasteiger partial charge on any atom is -0.367 e. The van der Waals surface area contributed by atoms with E-state index in [0.29, 0.717) is 17.9 Å². The second-order valence-electron chi connectivity index (χ2n) is 9.04. The lowest BCUT2D eigenvalue weighted by Gasteiger charge is -2.30. The monoisotopic (exact) mass is 446 g/mol. The molecule has 0 aliphatic carbocycles. The zero-order valence-electron chi connectivity index (χ0n) is 20.7. The fourth-order valence-electron chi connectivity index (χ4n) is 4.43. The number of nitrogens with one attached hydrogen (secondary N) is 1. The van der Waals surface area contributed by atoms with Gasteiger partial charge in [0.2, 0.25) is 0 Å². The number of benzene rings is 1. The number of nitrogens with zero attached hydrogens (tertiary/aromatic N) is 7. The van der Waals surface area contributed by atoms with E-state index in [1.165, 1.54) is 0 Å². The molecular formula is C25H34N8. The zero-order valence-corrected chi connectivity index (χ0v) is 20.7. The van der Waals surface area contributed by atoms with Crippen LogP contribution in [0.2, 0.25) is 0 Å². The Morgan fingerprint density at radius 1 is 1.00 bits per heavy atom. The SMILES string of the molecule is Cc1nn(C)c(C)c1-c1nc(NCCN(C(C)C)C(C)C)c2ncn(-c3ccccc3)c2n1. The van der Waals surface area contributed by atoms with Crippen LogP contribution in [-0.2, 0) is 7.05 Å². The Morgan fingerprint density at radius 2 is 1.70 bits per heavy atom. The average molecular weight is 447 g/mol. The van der Waals surface area contributed by atoms with E-state index in [0.717, 1.165) is 52.7 Å². The van der Waals surface area contributed by atoms with Crippen LogP contribution >= 0.6 is 0 Å². The van der Waals surface area contributed by atoms with E-state index in [1.807, 2.05) is 54.7 Å². The quantitative estimate of drug-likeness (QED) is 0.433. The highest BCUT2D eigenvalue weighted by Gasteiger charge is 2.20. The van der Waals surface area contributed by atoms with Crippen molar-refractivity contribution in [3.63, 3.8) is 0 Å². The highest BCUT2D eigenvalue weighted by atomic mass is 15.3. The number of anilines is 1. The molecule has 4 aromatic rings. The molecule has 0 amide bonds. The second kappa shape index (κ2) is 9.31. The molecule has 0 bridgehead atoms. The molecule has 0 aliphatic rings. The molecule has 0 radical (unpaired) electrons. The molecule has 3 heterocycles. The summed E-state index contributed by atoms with van der Waals surface area (Å²) in [6.07, 6.45) is 1.82. The van der Waals surface area contributed by atoms with Gasteiger partial charge in [-0.3, -0.25) is 14.1 Å². The van der Waals surface area contributed by atoms with Gasteiger partial charge in [-0.15, -0.1) is 0 Å². The lowest BCUT2D eigenvalue weighted by Crippen LogP contribution is -2.40. The zero-order chi connectivity index (χ0) is 23.7. The van der Waals surface area contributed by atoms with Gasteiger partial charge in [-0.2, -0.15) is 5.10 Å². The third-order valence-electron chi connectivity index (χ3n) is 6.15. The Hall–Kier alpha value is -3.26. The summed E-state index contributed by atoms with van der Waals surface area (Å²) in [5, 5.41) is 8.13. The molecule has 8 heteroatoms. The van der Waals surface area contributed by atoms with Crippen LogP contribution < -0.4 is 5.32 Å². The van der Waals surface area contributed by atoms with Crippen LogP contribution in [0.15, 0.2) is 36.7 Å². The van der Waals surface area contributed by atoms with Crippen molar-refractivity contribution >= 4 is 17.0 Å². The van der Waals surface area contributed by atoms with Gasteiger partial charge < -0.3 is 5.32 Å². The fraction of sp³-hybridized carbons (Fsp3) is 0.440. The molecule has 0 unspecified atom stereocenters. The van der Waals surface area contributed by atoms with Gasteiger partial charge in [0.15, 0.2) is 22.8 Å². The standard InChI is InChI=1S/C25H34N8/c1-16(2)32(17(3)4)14-13-26-24-22-25(33(15-27-22)20-11-9-8-10-12-20)29-23(28-24)21-18(5)30-31(7)19(21)6/h8-12,15-17H,13-14H2,1-7H3,(H,26,28,29). The lowest BCUT2D eigenvalue weighted by atomic mass is 10.2. The van der Waals surface area contributed by atoms with Crippen molar-refractivity contribution < 1.29 is 0 Å². The first-order valence-corrected chi connectivity index (χ1v) is 11.6. The summed E-state index contributed by atoms with van der Waals surface area (Å²) >= 11 is 0. The minimum atomic E-state index is 0.478. The number of imidazole rings is 1. The van der Waals surface area contributed by atoms with E-state index in [-0.39, 0.29) is 0 Å². The van der Waals surface area contributed by atoms with Crippen molar-refractivity contribution in [3.8, 4) is 17.1 Å². The van der Waals surface area contributed by atoms with Crippen LogP contribution in [-0.4, -0.2) is 59.4 Å². The van der Waals surface area contributed by atoms with E-state index < -0.39 is 0 Å². The first kappa shape index (κ1) is 22.9. The summed E-state index contributed by atoms with van der Waals surface area (Å²) in [6, 6.07) is 11.1. The van der Waals surface area contributed by atoms with Gasteiger partial charge in [-0.05, 0) is 53.7 Å². The first-order chi connectivity index (χ1) is 15.8. The number of aryl methyl sites for hydroxylation is 2. The highest BCUT2D eigenvalue weighted by molar-refractivity contribution is 5.86. The number of rotatable bonds is 8. The minimum absolute atomic E-state index is 0.478. The summed E-state index contributed by atoms with van der Waals surface area (Å²) in [5.74, 6) is 1.41. The van der Waals surface area contributed by atoms with Crippen LogP contribution in [0.3, 0.4) is 0 Å². The Labute approximate surface area is 195 Å². The summed E-state index contributed by atoms with van der Waals surface area (Å²) in [6.45, 7) is 14.7. The van der Waals surface area contributed by atoms with E-state index >= 15 is 0 Å². The van der Waals surface area contributed by atoms with Crippen LogP contribution in [0.25, 0.3) is 28.2 Å². The van der Waals surface area contributed by atoms with Gasteiger partial charge in [0.1, 0.15) is 6.33 Å². The van der Waals surface area contributed by atoms with E-state index in [9.17, 15) is 0 Å². The highest BCUT2D eigenvalue weighted by Crippen LogP contribution is 2.29. The molecule has 33 heavy (non-hydrogen) atoms. The van der Waals surface area contributed by atoms with Gasteiger partial charge in [0.25, 0.3) is 0 Å². The maximum atomic E-state index is 4.96. The van der Waals surface area contributed by atoms with Crippen molar-refractivity contribution in [2.45, 2.75) is 53.6 Å². The molecule has 0 fully saturated rings. The van der Waals surface area contributed by atoms with E-state index in [2.05, 4.69) is 60.1 Å². The number of hydrogen-bond donors (Lipinski definition) is 1. The Balaban J connectivity index is 1.79. The van der Waals surface area contributed by atoms with Crippen LogP contribution in [0, 0.1) is 13.8 Å². The molecule has 0 spiro atoms. The molecular weight excluding hydrogens is 412 g/mol. The predicted octanol–water partition coefficient (Wildman–Crippen LogP) is 4.36. The maximum Gasteiger partial charge on any atom is 0.170 e. The molecule has 8 nitrogen and oxygen atoms in total. The Bertz CT molecular complexity index is 1230. The van der Waals surface area contributed by atoms with Gasteiger partial charge in [0, 0.05) is 43.6 Å². The summed E-state index contributed by atoms with van der Waals surface area (Å²) < 4.78 is 3.89. The smallest absolute Gasteiger partial charge is 0.170 e. The van der Waals surface area contributed by atoms with Gasteiger partial charge in [0.05, 0.1) is 11.3 Å². The van der Waals surface area contributed by atoms with E-state index in [4.69, 9.17) is 9.97 Å². The summed E-state index contributed by atoms with van der Waals surface area (Å²) in [4.78, 5) is 17.0. The summed E-state index contributed by atoms with van der Waals surface area (Å²) in [7, 11) is 1.95. The number of hydrogen-bond acceptors (Lipinski definition) is 6. The molecule has 174 valence electrons. The van der Waals surface area contributed by atoms with Crippen molar-refractivity contribution in [1.82, 2.24) is 34.2 Å². The topological polar surface area (TPSA) is 76.7 Å². The Morgan fingerprint density at radius 3 is 2.30 bits per heavy atom. The van der Waals surface area contributed by atoms with E-state index in [1.54, 1.807) is 0 Å². The van der Waals surface area contributed by atoms with Crippen molar-refractivity contribution in [1.29, 1.82) is 0 Å². The normalized spacial score (nSPS) is 11.9. The van der Waals surface area contributed by atoms with Crippen molar-refractivity contribution in [3.05, 3.63) is 48.0 Å². The fourth-order valence-corrected chi connectivity index (χ4v) is 4.43. The maximum absolute atomic E-state index is 4.96. The largest absolute Gasteiger partial charge is 0.367 e.